The van der Waals surface area contributed by atoms with E-state index in [0.29, 0.717) is 5.56 Å². The van der Waals surface area contributed by atoms with Gasteiger partial charge in [-0.3, -0.25) is 19.2 Å². The van der Waals surface area contributed by atoms with Crippen LogP contribution in [0.3, 0.4) is 0 Å². The number of carboxylic acid groups (broad SMARTS) is 2. The first-order chi connectivity index (χ1) is 17.8. The van der Waals surface area contributed by atoms with Crippen molar-refractivity contribution < 1.29 is 39.3 Å². The maximum absolute atomic E-state index is 13.1. The maximum Gasteiger partial charge on any atom is 0.326 e. The molecule has 13 heteroatoms. The summed E-state index contributed by atoms with van der Waals surface area (Å²) in [6, 6.07) is 1.77. The number of fused-ring (bicyclic) bond motifs is 1. The molecule has 1 aromatic heterocycles. The van der Waals surface area contributed by atoms with Gasteiger partial charge in [0.2, 0.25) is 17.7 Å². The standard InChI is InChI=1S/C25H35N5O8/c1-12(2)8-17(28-23(35)18(10-20(32)33)29-24(36)21(26)13(3)31)22(34)30-19(25(37)38)9-14-11-27-16-7-5-4-6-15(14)16/h4-7,11-13,17-19,21,27,31H,8-10,26H2,1-3H3,(H,28,35)(H,29,36)(H,30,34)(H,32,33)(H,37,38). The molecule has 5 atom stereocenters. The molecule has 0 aliphatic heterocycles. The predicted octanol–water partition coefficient (Wildman–Crippen LogP) is -0.522. The number of aromatic nitrogens is 1. The third kappa shape index (κ3) is 8.56. The van der Waals surface area contributed by atoms with Crippen LogP contribution in [-0.2, 0) is 30.4 Å². The lowest BCUT2D eigenvalue weighted by atomic mass is 10.0. The van der Waals surface area contributed by atoms with Gasteiger partial charge < -0.3 is 42.0 Å². The minimum absolute atomic E-state index is 0.0254. The van der Waals surface area contributed by atoms with E-state index in [4.69, 9.17) is 5.73 Å². The molecule has 0 saturated carbocycles. The number of carboxylic acids is 2. The highest BCUT2D eigenvalue weighted by Crippen LogP contribution is 2.19. The molecule has 2 aromatic rings. The van der Waals surface area contributed by atoms with Crippen LogP contribution in [0.2, 0.25) is 0 Å². The molecule has 1 heterocycles. The van der Waals surface area contributed by atoms with Gasteiger partial charge in [-0.15, -0.1) is 0 Å². The fourth-order valence-corrected chi connectivity index (χ4v) is 3.84. The first kappa shape index (κ1) is 30.3. The number of carbonyl (C=O) groups is 5. The van der Waals surface area contributed by atoms with Gasteiger partial charge in [0, 0.05) is 23.5 Å². The van der Waals surface area contributed by atoms with E-state index < -0.39 is 66.4 Å². The largest absolute Gasteiger partial charge is 0.481 e. The van der Waals surface area contributed by atoms with Crippen molar-refractivity contribution in [3.8, 4) is 0 Å². The van der Waals surface area contributed by atoms with Crippen molar-refractivity contribution in [3.05, 3.63) is 36.0 Å². The highest BCUT2D eigenvalue weighted by Gasteiger charge is 2.32. The molecule has 0 bridgehead atoms. The molecule has 0 saturated heterocycles. The smallest absolute Gasteiger partial charge is 0.326 e. The van der Waals surface area contributed by atoms with E-state index in [2.05, 4.69) is 20.9 Å². The first-order valence-electron chi connectivity index (χ1n) is 12.1. The molecule has 9 N–H and O–H groups in total. The molecule has 3 amide bonds. The second kappa shape index (κ2) is 13.5. The number of hydrogen-bond donors (Lipinski definition) is 8. The SMILES string of the molecule is CC(C)CC(NC(=O)C(CC(=O)O)NC(=O)C(N)C(C)O)C(=O)NC(Cc1c[nH]c2ccccc12)C(=O)O. The summed E-state index contributed by atoms with van der Waals surface area (Å²) < 4.78 is 0. The van der Waals surface area contributed by atoms with Crippen LogP contribution in [0.15, 0.2) is 30.5 Å². The summed E-state index contributed by atoms with van der Waals surface area (Å²) in [5, 5.41) is 36.4. The zero-order valence-corrected chi connectivity index (χ0v) is 21.4. The van der Waals surface area contributed by atoms with E-state index in [-0.39, 0.29) is 18.8 Å². The summed E-state index contributed by atoms with van der Waals surface area (Å²) in [5.41, 5.74) is 7.05. The number of amides is 3. The van der Waals surface area contributed by atoms with Gasteiger partial charge in [-0.2, -0.15) is 0 Å². The number of aromatic amines is 1. The minimum Gasteiger partial charge on any atom is -0.481 e. The van der Waals surface area contributed by atoms with Crippen LogP contribution in [0.1, 0.15) is 39.2 Å². The summed E-state index contributed by atoms with van der Waals surface area (Å²) in [6.45, 7) is 4.82. The number of nitrogens with one attached hydrogen (secondary N) is 4. The molecule has 0 fully saturated rings. The lowest BCUT2D eigenvalue weighted by Crippen LogP contribution is -2.58. The summed E-state index contributed by atoms with van der Waals surface area (Å²) >= 11 is 0. The van der Waals surface area contributed by atoms with E-state index in [1.54, 1.807) is 20.0 Å². The third-order valence-electron chi connectivity index (χ3n) is 5.89. The first-order valence-corrected chi connectivity index (χ1v) is 12.1. The Morgan fingerprint density at radius 2 is 1.47 bits per heavy atom. The molecule has 13 nitrogen and oxygen atoms in total. The molecular weight excluding hydrogens is 498 g/mol. The third-order valence-corrected chi connectivity index (χ3v) is 5.89. The van der Waals surface area contributed by atoms with Gasteiger partial charge in [-0.05, 0) is 30.9 Å². The molecule has 38 heavy (non-hydrogen) atoms. The highest BCUT2D eigenvalue weighted by atomic mass is 16.4. The topological polar surface area (TPSA) is 224 Å². The zero-order chi connectivity index (χ0) is 28.6. The summed E-state index contributed by atoms with van der Waals surface area (Å²) in [4.78, 5) is 64.6. The molecule has 5 unspecified atom stereocenters. The number of para-hydroxylation sites is 1. The van der Waals surface area contributed by atoms with Crippen LogP contribution in [0, 0.1) is 5.92 Å². The molecular formula is C25H35N5O8. The predicted molar refractivity (Wildman–Crippen MR) is 137 cm³/mol. The van der Waals surface area contributed by atoms with Gasteiger partial charge in [0.25, 0.3) is 0 Å². The molecule has 0 spiro atoms. The number of hydrogen-bond acceptors (Lipinski definition) is 7. The Morgan fingerprint density at radius 3 is 2.05 bits per heavy atom. The quantitative estimate of drug-likeness (QED) is 0.156. The summed E-state index contributed by atoms with van der Waals surface area (Å²) in [7, 11) is 0. The van der Waals surface area contributed by atoms with Crippen LogP contribution in [-0.4, -0.2) is 80.2 Å². The van der Waals surface area contributed by atoms with Crippen LogP contribution in [0.5, 0.6) is 0 Å². The summed E-state index contributed by atoms with van der Waals surface area (Å²) in [6.07, 6.45) is -0.316. The minimum atomic E-state index is -1.59. The zero-order valence-electron chi connectivity index (χ0n) is 21.4. The van der Waals surface area contributed by atoms with Crippen molar-refractivity contribution in [2.24, 2.45) is 11.7 Å². The lowest BCUT2D eigenvalue weighted by molar-refractivity contribution is -0.143. The molecule has 0 radical (unpaired) electrons. The number of nitrogens with two attached hydrogens (primary N) is 1. The van der Waals surface area contributed by atoms with Gasteiger partial charge in [-0.1, -0.05) is 32.0 Å². The van der Waals surface area contributed by atoms with Gasteiger partial charge in [0.1, 0.15) is 24.2 Å². The number of H-pyrrole nitrogens is 1. The summed E-state index contributed by atoms with van der Waals surface area (Å²) in [5.74, 6) is -5.48. The van der Waals surface area contributed by atoms with Crippen molar-refractivity contribution in [3.63, 3.8) is 0 Å². The second-order valence-electron chi connectivity index (χ2n) is 9.58. The highest BCUT2D eigenvalue weighted by molar-refractivity contribution is 5.96. The van der Waals surface area contributed by atoms with Gasteiger partial charge in [0.15, 0.2) is 0 Å². The fourth-order valence-electron chi connectivity index (χ4n) is 3.84. The maximum atomic E-state index is 13.1. The molecule has 0 aliphatic carbocycles. The molecule has 0 aliphatic rings. The van der Waals surface area contributed by atoms with Crippen LogP contribution >= 0.6 is 0 Å². The lowest BCUT2D eigenvalue weighted by Gasteiger charge is -2.26. The Labute approximate surface area is 219 Å². The average molecular weight is 534 g/mol. The Hall–Kier alpha value is -3.97. The van der Waals surface area contributed by atoms with Crippen LogP contribution in [0.4, 0.5) is 0 Å². The average Bonchev–Trinajstić information content (AvgIpc) is 3.24. The Morgan fingerprint density at radius 1 is 0.895 bits per heavy atom. The number of aliphatic hydroxyl groups is 1. The monoisotopic (exact) mass is 533 g/mol. The molecule has 2 rings (SSSR count). The number of aliphatic carboxylic acids is 2. The number of carbonyl (C=O) groups excluding carboxylic acids is 3. The van der Waals surface area contributed by atoms with Crippen LogP contribution in [0.25, 0.3) is 10.9 Å². The van der Waals surface area contributed by atoms with Crippen molar-refractivity contribution in [2.75, 3.05) is 0 Å². The van der Waals surface area contributed by atoms with E-state index in [9.17, 15) is 39.3 Å². The number of benzene rings is 1. The van der Waals surface area contributed by atoms with Crippen molar-refractivity contribution >= 4 is 40.6 Å². The van der Waals surface area contributed by atoms with E-state index in [1.165, 1.54) is 6.92 Å². The van der Waals surface area contributed by atoms with Gasteiger partial charge >= 0.3 is 11.9 Å². The molecule has 1 aromatic carbocycles. The Balaban J connectivity index is 2.19. The Bertz CT molecular complexity index is 1160. The normalized spacial score (nSPS) is 15.2. The van der Waals surface area contributed by atoms with Crippen molar-refractivity contribution in [1.82, 2.24) is 20.9 Å². The fraction of sp³-hybridized carbons (Fsp3) is 0.480. The van der Waals surface area contributed by atoms with E-state index in [1.807, 2.05) is 24.3 Å². The van der Waals surface area contributed by atoms with E-state index in [0.717, 1.165) is 10.9 Å². The second-order valence-corrected chi connectivity index (χ2v) is 9.58. The molecule has 208 valence electrons. The van der Waals surface area contributed by atoms with Crippen molar-refractivity contribution in [1.29, 1.82) is 0 Å². The van der Waals surface area contributed by atoms with Gasteiger partial charge in [-0.25, -0.2) is 4.79 Å². The van der Waals surface area contributed by atoms with Crippen molar-refractivity contribution in [2.45, 2.75) is 70.3 Å². The number of rotatable bonds is 14. The number of aliphatic hydroxyl groups excluding tert-OH is 1. The van der Waals surface area contributed by atoms with Crippen LogP contribution < -0.4 is 21.7 Å². The van der Waals surface area contributed by atoms with Gasteiger partial charge in [0.05, 0.1) is 12.5 Å². The Kier molecular flexibility index (Phi) is 10.8. The van der Waals surface area contributed by atoms with E-state index >= 15 is 0 Å².